The normalized spacial score (nSPS) is 25.7. The third-order valence-electron chi connectivity index (χ3n) is 7.19. The second kappa shape index (κ2) is 13.0. The van der Waals surface area contributed by atoms with E-state index in [-0.39, 0.29) is 17.8 Å². The predicted octanol–water partition coefficient (Wildman–Crippen LogP) is 1.94. The molecule has 5 N–H and O–H groups in total. The fourth-order valence-electron chi connectivity index (χ4n) is 4.97. The number of methoxy groups -OCH3 is 1. The molecule has 0 aromatic heterocycles. The summed E-state index contributed by atoms with van der Waals surface area (Å²) < 4.78 is 51.7. The molecule has 0 bridgehead atoms. The Hall–Kier alpha value is -3.10. The highest BCUT2D eigenvalue weighted by molar-refractivity contribution is 7.52. The van der Waals surface area contributed by atoms with Crippen molar-refractivity contribution in [1.29, 1.82) is 0 Å². The van der Waals surface area contributed by atoms with Gasteiger partial charge in [0.15, 0.2) is 18.2 Å². The topological polar surface area (TPSA) is 186 Å². The number of nitrogens with zero attached hydrogens (tertiary/aromatic N) is 3. The van der Waals surface area contributed by atoms with Gasteiger partial charge in [-0.25, -0.2) is 13.9 Å². The predicted molar refractivity (Wildman–Crippen MR) is 150 cm³/mol. The number of ether oxygens (including phenoxy) is 2. The van der Waals surface area contributed by atoms with Gasteiger partial charge in [-0.05, 0) is 51.7 Å². The van der Waals surface area contributed by atoms with Crippen LogP contribution < -0.4 is 20.7 Å². The zero-order chi connectivity index (χ0) is 30.5. The lowest BCUT2D eigenvalue weighted by atomic mass is 9.98. The Labute approximate surface area is 243 Å². The molecule has 2 heterocycles. The van der Waals surface area contributed by atoms with Gasteiger partial charge in [-0.1, -0.05) is 24.6 Å². The lowest BCUT2D eigenvalue weighted by molar-refractivity contribution is -0.204. The van der Waals surface area contributed by atoms with E-state index in [0.717, 1.165) is 39.2 Å². The third kappa shape index (κ3) is 7.84. The number of hydrogen-bond acceptors (Lipinski definition) is 12. The minimum Gasteiger partial charge on any atom is -0.461 e. The smallest absolute Gasteiger partial charge is 0.459 e. The van der Waals surface area contributed by atoms with Crippen LogP contribution >= 0.6 is 7.75 Å². The van der Waals surface area contributed by atoms with Gasteiger partial charge in [-0.2, -0.15) is 5.09 Å². The molecule has 6 atom stereocenters. The van der Waals surface area contributed by atoms with Gasteiger partial charge in [-0.15, -0.1) is 0 Å². The van der Waals surface area contributed by atoms with Gasteiger partial charge < -0.3 is 29.7 Å². The first-order chi connectivity index (χ1) is 19.8. The fourth-order valence-corrected chi connectivity index (χ4v) is 6.49. The molecule has 1 saturated carbocycles. The molecule has 4 rings (SSSR count). The lowest BCUT2D eigenvalue weighted by Gasteiger charge is -2.41. The second-order valence-electron chi connectivity index (χ2n) is 10.7. The Bertz CT molecular complexity index is 1230. The van der Waals surface area contributed by atoms with Crippen LogP contribution in [0.25, 0.3) is 0 Å². The lowest BCUT2D eigenvalue weighted by Crippen LogP contribution is -2.60. The Morgan fingerprint density at radius 1 is 1.31 bits per heavy atom. The van der Waals surface area contributed by atoms with E-state index in [1.807, 2.05) is 0 Å². The molecule has 1 aromatic carbocycles. The van der Waals surface area contributed by atoms with Gasteiger partial charge in [0.05, 0.1) is 12.8 Å². The van der Waals surface area contributed by atoms with Crippen LogP contribution in [0.1, 0.15) is 52.4 Å². The maximum atomic E-state index is 16.1. The van der Waals surface area contributed by atoms with Crippen molar-refractivity contribution in [3.63, 3.8) is 0 Å². The summed E-state index contributed by atoms with van der Waals surface area (Å²) >= 11 is 0. The summed E-state index contributed by atoms with van der Waals surface area (Å²) in [6.45, 7) is 1.73. The van der Waals surface area contributed by atoms with Crippen LogP contribution in [0.3, 0.4) is 0 Å². The van der Waals surface area contributed by atoms with E-state index in [1.165, 1.54) is 37.2 Å². The summed E-state index contributed by atoms with van der Waals surface area (Å²) in [5, 5.41) is 16.2. The number of amides is 1. The standard InChI is InChI=1S/C26H38FN6O8P/c1-17(23(35)40-18-10-6-4-7-11-18)32-42(37,41-19-12-8-5-9-13-19)39-15-26(27,38-3)14-25(2,36)33-16-29-20-21(33)30-24(28)31-22(20)34/h5,8-9,12-13,16-18,20-21,36H,4,6-7,10-11,14-15H2,1-3H3,(H,32,37)(H3,28,30,31,34)/t17?,20?,21?,25-,26+,42?/m1/s1. The largest absolute Gasteiger partial charge is 0.461 e. The van der Waals surface area contributed by atoms with Crippen LogP contribution in [0, 0.1) is 0 Å². The molecule has 0 spiro atoms. The maximum absolute atomic E-state index is 16.1. The van der Waals surface area contributed by atoms with E-state index in [0.29, 0.717) is 0 Å². The van der Waals surface area contributed by atoms with Crippen molar-refractivity contribution in [2.24, 2.45) is 15.7 Å². The summed E-state index contributed by atoms with van der Waals surface area (Å²) in [7, 11) is -3.38. The number of aliphatic imine (C=N–C) groups is 2. The number of fused-ring (bicyclic) bond motifs is 1. The zero-order valence-electron chi connectivity index (χ0n) is 23.8. The van der Waals surface area contributed by atoms with Crippen molar-refractivity contribution >= 4 is 31.9 Å². The number of rotatable bonds is 13. The van der Waals surface area contributed by atoms with Gasteiger partial charge in [0.1, 0.15) is 30.2 Å². The van der Waals surface area contributed by atoms with Crippen LogP contribution in [-0.2, 0) is 28.2 Å². The minimum atomic E-state index is -4.43. The Balaban J connectivity index is 1.46. The molecule has 1 aromatic rings. The summed E-state index contributed by atoms with van der Waals surface area (Å²) in [6, 6.07) is 5.91. The molecular weight excluding hydrogens is 574 g/mol. The van der Waals surface area contributed by atoms with Crippen LogP contribution in [0.15, 0.2) is 40.3 Å². The second-order valence-corrected chi connectivity index (χ2v) is 12.4. The first-order valence-corrected chi connectivity index (χ1v) is 15.3. The van der Waals surface area contributed by atoms with E-state index in [4.69, 9.17) is 24.3 Å². The number of aliphatic hydroxyl groups is 1. The van der Waals surface area contributed by atoms with E-state index in [2.05, 4.69) is 20.4 Å². The van der Waals surface area contributed by atoms with Crippen LogP contribution in [0.5, 0.6) is 5.75 Å². The number of nitrogens with one attached hydrogen (secondary N) is 2. The van der Waals surface area contributed by atoms with E-state index < -0.39 is 62.5 Å². The van der Waals surface area contributed by atoms with Crippen molar-refractivity contribution < 1.29 is 42.2 Å². The molecule has 14 nitrogen and oxygen atoms in total. The van der Waals surface area contributed by atoms with Gasteiger partial charge in [-0.3, -0.25) is 24.4 Å². The number of benzene rings is 1. The molecule has 42 heavy (non-hydrogen) atoms. The van der Waals surface area contributed by atoms with Gasteiger partial charge in [0.25, 0.3) is 5.91 Å². The summed E-state index contributed by atoms with van der Waals surface area (Å²) in [5.74, 6) is -3.94. The van der Waals surface area contributed by atoms with E-state index in [9.17, 15) is 19.3 Å². The molecule has 0 saturated heterocycles. The SMILES string of the molecule is CO[C@](F)(COP(=O)(NC(C)C(=O)OC1CCCCC1)Oc1ccccc1)C[C@@](C)(O)N1C=NC2C(=O)NC(N)=NC21. The first-order valence-electron chi connectivity index (χ1n) is 13.7. The number of esters is 1. The highest BCUT2D eigenvalue weighted by atomic mass is 31.2. The summed E-state index contributed by atoms with van der Waals surface area (Å²) in [5.41, 5.74) is 3.64. The number of hydrogen-bond donors (Lipinski definition) is 4. The Morgan fingerprint density at radius 2 is 2.00 bits per heavy atom. The quantitative estimate of drug-likeness (QED) is 0.188. The third-order valence-corrected chi connectivity index (χ3v) is 8.81. The average Bonchev–Trinajstić information content (AvgIpc) is 3.38. The molecule has 4 unspecified atom stereocenters. The Kier molecular flexibility index (Phi) is 9.88. The maximum Gasteiger partial charge on any atom is 0.459 e. The number of alkyl halides is 1. The number of nitrogens with two attached hydrogens (primary N) is 1. The van der Waals surface area contributed by atoms with Crippen molar-refractivity contribution in [3.8, 4) is 5.75 Å². The molecule has 232 valence electrons. The minimum absolute atomic E-state index is 0.139. The Morgan fingerprint density at radius 3 is 2.67 bits per heavy atom. The summed E-state index contributed by atoms with van der Waals surface area (Å²) in [6.07, 6.45) is 3.66. The van der Waals surface area contributed by atoms with Crippen LogP contribution in [0.2, 0.25) is 0 Å². The van der Waals surface area contributed by atoms with E-state index >= 15 is 4.39 Å². The van der Waals surface area contributed by atoms with Crippen molar-refractivity contribution in [1.82, 2.24) is 15.3 Å². The first kappa shape index (κ1) is 31.8. The zero-order valence-corrected chi connectivity index (χ0v) is 24.7. The van der Waals surface area contributed by atoms with Gasteiger partial charge >= 0.3 is 13.7 Å². The highest BCUT2D eigenvalue weighted by Gasteiger charge is 2.50. The molecule has 0 radical (unpaired) electrons. The molecule has 1 fully saturated rings. The number of para-hydroxylation sites is 1. The molecular formula is C26H38FN6O8P. The van der Waals surface area contributed by atoms with Crippen molar-refractivity contribution in [2.45, 2.75) is 88.3 Å². The van der Waals surface area contributed by atoms with Crippen molar-refractivity contribution in [2.75, 3.05) is 13.7 Å². The fraction of sp³-hybridized carbons (Fsp3) is 0.615. The molecule has 3 aliphatic rings. The number of guanidine groups is 1. The summed E-state index contributed by atoms with van der Waals surface area (Å²) in [4.78, 5) is 34.3. The van der Waals surface area contributed by atoms with Crippen molar-refractivity contribution in [3.05, 3.63) is 30.3 Å². The monoisotopic (exact) mass is 612 g/mol. The van der Waals surface area contributed by atoms with Crippen LogP contribution in [-0.4, -0.2) is 83.8 Å². The van der Waals surface area contributed by atoms with Gasteiger partial charge in [0.2, 0.25) is 5.85 Å². The highest BCUT2D eigenvalue weighted by Crippen LogP contribution is 2.47. The number of halogens is 1. The average molecular weight is 613 g/mol. The van der Waals surface area contributed by atoms with E-state index in [1.54, 1.807) is 18.2 Å². The molecule has 2 aliphatic heterocycles. The molecule has 1 amide bonds. The van der Waals surface area contributed by atoms with Gasteiger partial charge in [0, 0.05) is 7.11 Å². The van der Waals surface area contributed by atoms with Crippen LogP contribution in [0.4, 0.5) is 4.39 Å². The number of carbonyl (C=O) groups excluding carboxylic acids is 2. The molecule has 16 heteroatoms. The number of carbonyl (C=O) groups is 2. The molecule has 1 aliphatic carbocycles.